The van der Waals surface area contributed by atoms with Gasteiger partial charge in [0, 0.05) is 19.1 Å². The lowest BCUT2D eigenvalue weighted by molar-refractivity contribution is 0.0846. The zero-order valence-corrected chi connectivity index (χ0v) is 18.8. The number of hydrogen-bond acceptors (Lipinski definition) is 7. The molecule has 1 saturated carbocycles. The summed E-state index contributed by atoms with van der Waals surface area (Å²) in [4.78, 5) is 22.7. The van der Waals surface area contributed by atoms with Crippen molar-refractivity contribution < 1.29 is 13.2 Å². The van der Waals surface area contributed by atoms with Crippen LogP contribution in [0.4, 0.5) is 5.69 Å². The Bertz CT molecular complexity index is 1310. The summed E-state index contributed by atoms with van der Waals surface area (Å²) >= 11 is 0. The molecule has 1 aromatic carbocycles. The largest absolute Gasteiger partial charge is 0.295 e. The van der Waals surface area contributed by atoms with Gasteiger partial charge in [-0.05, 0) is 50.8 Å². The van der Waals surface area contributed by atoms with Crippen LogP contribution in [0.1, 0.15) is 42.7 Å². The molecule has 5 rings (SSSR count). The van der Waals surface area contributed by atoms with Crippen LogP contribution < -0.4 is 9.62 Å². The van der Waals surface area contributed by atoms with E-state index in [2.05, 4.69) is 31.8 Å². The first-order chi connectivity index (χ1) is 15.2. The van der Waals surface area contributed by atoms with Gasteiger partial charge in [-0.3, -0.25) is 14.6 Å². The van der Waals surface area contributed by atoms with E-state index in [1.54, 1.807) is 24.2 Å². The number of aromatic nitrogens is 3. The minimum atomic E-state index is -3.73. The number of rotatable bonds is 4. The van der Waals surface area contributed by atoms with Gasteiger partial charge in [0.2, 0.25) is 16.0 Å². The van der Waals surface area contributed by atoms with Gasteiger partial charge in [0.25, 0.3) is 5.91 Å². The third-order valence-corrected chi connectivity index (χ3v) is 7.49. The smallest absolute Gasteiger partial charge is 0.262 e. The molecule has 0 spiro atoms. The maximum atomic E-state index is 13.2. The third-order valence-electron chi connectivity index (χ3n) is 5.85. The van der Waals surface area contributed by atoms with Crippen molar-refractivity contribution in [3.8, 4) is 11.8 Å². The highest BCUT2D eigenvalue weighted by Crippen LogP contribution is 2.38. The Morgan fingerprint density at radius 1 is 1.31 bits per heavy atom. The number of nitrogens with zero attached hydrogens (tertiary/aromatic N) is 6. The number of hydrogen-bond donors (Lipinski definition) is 1. The van der Waals surface area contributed by atoms with E-state index >= 15 is 0 Å². The molecule has 0 saturated heterocycles. The number of anilines is 1. The second-order valence-electron chi connectivity index (χ2n) is 8.41. The Labute approximate surface area is 186 Å². The number of aryl methyl sites for hydroxylation is 1. The maximum Gasteiger partial charge on any atom is 0.262 e. The number of benzene rings is 1. The van der Waals surface area contributed by atoms with E-state index in [1.165, 1.54) is 16.9 Å². The van der Waals surface area contributed by atoms with Gasteiger partial charge in [-0.2, -0.15) is 9.90 Å². The standard InChI is InChI=1S/C21H23N7O3S/c1-4-27-19(29)17-11-16(32(30,31)25-21(2)9-10-21)7-8-18(17)28-15(13-22-20(27)28)6-5-14-12-23-26(3)24-14/h7-8,11-12,15,25H,4,9-10,13H2,1-3H3/t15-/m1/s1. The Hall–Kier alpha value is -3.23. The number of carbonyl (C=O) groups is 1. The van der Waals surface area contributed by atoms with Crippen molar-refractivity contribution in [2.75, 3.05) is 18.0 Å². The summed E-state index contributed by atoms with van der Waals surface area (Å²) in [5, 5.41) is 8.20. The predicted molar refractivity (Wildman–Crippen MR) is 118 cm³/mol. The van der Waals surface area contributed by atoms with Crippen LogP contribution in [0.3, 0.4) is 0 Å². The van der Waals surface area contributed by atoms with E-state index in [9.17, 15) is 13.2 Å². The van der Waals surface area contributed by atoms with Crippen LogP contribution in [0.5, 0.6) is 0 Å². The zero-order chi connectivity index (χ0) is 22.7. The van der Waals surface area contributed by atoms with E-state index in [-0.39, 0.29) is 16.8 Å². The van der Waals surface area contributed by atoms with Gasteiger partial charge in [0.05, 0.1) is 28.9 Å². The molecular weight excluding hydrogens is 430 g/mol. The fraction of sp³-hybridized carbons (Fsp3) is 0.429. The van der Waals surface area contributed by atoms with Crippen molar-refractivity contribution in [3.05, 3.63) is 35.7 Å². The molecule has 10 nitrogen and oxygen atoms in total. The third kappa shape index (κ3) is 3.45. The summed E-state index contributed by atoms with van der Waals surface area (Å²) in [6.45, 7) is 4.54. The molecule has 1 aromatic heterocycles. The average Bonchev–Trinajstić information content (AvgIpc) is 3.12. The molecule has 1 fully saturated rings. The molecular formula is C21H23N7O3S. The zero-order valence-electron chi connectivity index (χ0n) is 18.0. The quantitative estimate of drug-likeness (QED) is 0.683. The van der Waals surface area contributed by atoms with Crippen LogP contribution in [0.2, 0.25) is 0 Å². The molecule has 32 heavy (non-hydrogen) atoms. The fourth-order valence-electron chi connectivity index (χ4n) is 3.88. The molecule has 1 N–H and O–H groups in total. The molecule has 0 bridgehead atoms. The van der Waals surface area contributed by atoms with Crippen molar-refractivity contribution >= 4 is 27.6 Å². The van der Waals surface area contributed by atoms with Gasteiger partial charge in [-0.25, -0.2) is 18.1 Å². The molecule has 1 aliphatic carbocycles. The lowest BCUT2D eigenvalue weighted by Gasteiger charge is -2.37. The first-order valence-corrected chi connectivity index (χ1v) is 11.9. The second kappa shape index (κ2) is 7.15. The van der Waals surface area contributed by atoms with E-state index < -0.39 is 15.6 Å². The summed E-state index contributed by atoms with van der Waals surface area (Å²) in [5.41, 5.74) is 1.07. The van der Waals surface area contributed by atoms with E-state index in [0.717, 1.165) is 12.8 Å². The highest BCUT2D eigenvalue weighted by atomic mass is 32.2. The van der Waals surface area contributed by atoms with Gasteiger partial charge >= 0.3 is 0 Å². The lowest BCUT2D eigenvalue weighted by atomic mass is 10.1. The van der Waals surface area contributed by atoms with Crippen molar-refractivity contribution in [2.45, 2.75) is 43.2 Å². The normalized spacial score (nSPS) is 20.9. The highest BCUT2D eigenvalue weighted by molar-refractivity contribution is 7.89. The maximum absolute atomic E-state index is 13.2. The summed E-state index contributed by atoms with van der Waals surface area (Å²) in [5.74, 6) is 6.45. The first-order valence-electron chi connectivity index (χ1n) is 10.4. The van der Waals surface area contributed by atoms with Crippen molar-refractivity contribution in [2.24, 2.45) is 12.0 Å². The number of aliphatic imine (C=N–C) groups is 1. The van der Waals surface area contributed by atoms with Gasteiger partial charge in [0.15, 0.2) is 5.69 Å². The highest BCUT2D eigenvalue weighted by Gasteiger charge is 2.43. The predicted octanol–water partition coefficient (Wildman–Crippen LogP) is 0.718. The average molecular weight is 454 g/mol. The molecule has 1 amide bonds. The number of nitrogens with one attached hydrogen (secondary N) is 1. The van der Waals surface area contributed by atoms with E-state index in [4.69, 9.17) is 0 Å². The van der Waals surface area contributed by atoms with Crippen molar-refractivity contribution in [1.82, 2.24) is 24.6 Å². The SMILES string of the molecule is CCN1C(=O)c2cc(S(=O)(=O)NC3(C)CC3)ccc2N2C1=NC[C@H]2C#Cc1cnn(C)n1. The number of sulfonamides is 1. The fourth-order valence-corrected chi connectivity index (χ4v) is 5.38. The Kier molecular flexibility index (Phi) is 4.61. The number of guanidine groups is 1. The van der Waals surface area contributed by atoms with E-state index in [1.807, 2.05) is 18.7 Å². The van der Waals surface area contributed by atoms with Crippen molar-refractivity contribution in [3.63, 3.8) is 0 Å². The van der Waals surface area contributed by atoms with Gasteiger partial charge in [-0.1, -0.05) is 5.92 Å². The number of fused-ring (bicyclic) bond motifs is 3. The minimum Gasteiger partial charge on any atom is -0.295 e. The molecule has 0 unspecified atom stereocenters. The van der Waals surface area contributed by atoms with Gasteiger partial charge in [-0.15, -0.1) is 5.10 Å². The minimum absolute atomic E-state index is 0.0792. The van der Waals surface area contributed by atoms with Crippen LogP contribution >= 0.6 is 0 Å². The molecule has 2 aliphatic heterocycles. The monoisotopic (exact) mass is 453 g/mol. The molecule has 11 heteroatoms. The van der Waals surface area contributed by atoms with E-state index in [0.29, 0.717) is 36.0 Å². The topological polar surface area (TPSA) is 113 Å². The molecule has 3 aliphatic rings. The van der Waals surface area contributed by atoms with Gasteiger partial charge < -0.3 is 0 Å². The second-order valence-corrected chi connectivity index (χ2v) is 10.1. The first kappa shape index (κ1) is 20.7. The van der Waals surface area contributed by atoms with Crippen LogP contribution in [0.25, 0.3) is 0 Å². The molecule has 2 aromatic rings. The molecule has 166 valence electrons. The molecule has 1 atom stereocenters. The number of amides is 1. The summed E-state index contributed by atoms with van der Waals surface area (Å²) in [6.07, 6.45) is 3.19. The van der Waals surface area contributed by atoms with Crippen LogP contribution in [-0.2, 0) is 17.1 Å². The number of carbonyl (C=O) groups excluding carboxylic acids is 1. The van der Waals surface area contributed by atoms with Gasteiger partial charge in [0.1, 0.15) is 6.04 Å². The van der Waals surface area contributed by atoms with Crippen molar-refractivity contribution in [1.29, 1.82) is 0 Å². The molecule has 3 heterocycles. The Morgan fingerprint density at radius 2 is 2.09 bits per heavy atom. The Morgan fingerprint density at radius 3 is 2.75 bits per heavy atom. The lowest BCUT2D eigenvalue weighted by Crippen LogP contribution is -2.52. The summed E-state index contributed by atoms with van der Waals surface area (Å²) in [6, 6.07) is 4.35. The molecule has 0 radical (unpaired) electrons. The summed E-state index contributed by atoms with van der Waals surface area (Å²) in [7, 11) is -2.01. The van der Waals surface area contributed by atoms with Crippen LogP contribution in [0, 0.1) is 11.8 Å². The Balaban J connectivity index is 1.54. The van der Waals surface area contributed by atoms with Crippen LogP contribution in [0.15, 0.2) is 34.3 Å². The van der Waals surface area contributed by atoms with Crippen LogP contribution in [-0.4, -0.2) is 64.8 Å². The summed E-state index contributed by atoms with van der Waals surface area (Å²) < 4.78 is 28.5.